The number of rotatable bonds is 3. The van der Waals surface area contributed by atoms with E-state index in [9.17, 15) is 34.8 Å². The Hall–Kier alpha value is -3.98. The fourth-order valence-corrected chi connectivity index (χ4v) is 3.72. The van der Waals surface area contributed by atoms with E-state index in [-0.39, 0.29) is 17.1 Å². The lowest BCUT2D eigenvalue weighted by Gasteiger charge is -2.14. The first-order valence-corrected chi connectivity index (χ1v) is 11.2. The Kier molecular flexibility index (Phi) is 5.98. The number of aromatic amines is 1. The van der Waals surface area contributed by atoms with Gasteiger partial charge in [-0.1, -0.05) is 30.2 Å². The zero-order valence-corrected chi connectivity index (χ0v) is 18.1. The quantitative estimate of drug-likeness (QED) is 0.266. The highest BCUT2D eigenvalue weighted by Crippen LogP contribution is 2.33. The van der Waals surface area contributed by atoms with E-state index in [4.69, 9.17) is 0 Å². The first-order valence-electron chi connectivity index (χ1n) is 9.71. The molecule has 0 spiro atoms. The second kappa shape index (κ2) is 8.66. The summed E-state index contributed by atoms with van der Waals surface area (Å²) in [5.74, 6) is 5.63. The molecule has 1 aromatic heterocycles. The Morgan fingerprint density at radius 1 is 0.857 bits per heavy atom. The van der Waals surface area contributed by atoms with E-state index < -0.39 is 27.3 Å². The van der Waals surface area contributed by atoms with Gasteiger partial charge in [0.25, 0.3) is 0 Å². The molecule has 0 fully saturated rings. The molecule has 1 heterocycles. The molecular formula is C23H13F6N3O2S. The fourth-order valence-electron chi connectivity index (χ4n) is 3.13. The van der Waals surface area contributed by atoms with Crippen molar-refractivity contribution in [2.24, 2.45) is 0 Å². The van der Waals surface area contributed by atoms with E-state index in [1.165, 1.54) is 42.5 Å². The minimum Gasteiger partial charge on any atom is -0.331 e. The highest BCUT2D eigenvalue weighted by Gasteiger charge is 2.46. The van der Waals surface area contributed by atoms with Crippen LogP contribution < -0.4 is 4.72 Å². The zero-order valence-electron chi connectivity index (χ0n) is 17.3. The predicted molar refractivity (Wildman–Crippen MR) is 118 cm³/mol. The van der Waals surface area contributed by atoms with E-state index in [2.05, 4.69) is 21.8 Å². The predicted octanol–water partition coefficient (Wildman–Crippen LogP) is 5.91. The van der Waals surface area contributed by atoms with Crippen molar-refractivity contribution in [3.63, 3.8) is 0 Å². The van der Waals surface area contributed by atoms with Crippen LogP contribution in [-0.4, -0.2) is 23.9 Å². The van der Waals surface area contributed by atoms with Crippen LogP contribution in [0.4, 0.5) is 32.0 Å². The molecule has 4 aromatic rings. The third-order valence-corrected chi connectivity index (χ3v) is 5.91. The molecule has 2 N–H and O–H groups in total. The largest absolute Gasteiger partial charge is 0.516 e. The van der Waals surface area contributed by atoms with Gasteiger partial charge in [0.05, 0.1) is 22.3 Å². The molecule has 12 heteroatoms. The Bertz CT molecular complexity index is 1560. The topological polar surface area (TPSA) is 74.8 Å². The van der Waals surface area contributed by atoms with Crippen LogP contribution >= 0.6 is 0 Å². The van der Waals surface area contributed by atoms with Gasteiger partial charge in [0.1, 0.15) is 0 Å². The van der Waals surface area contributed by atoms with Crippen molar-refractivity contribution in [1.82, 2.24) is 9.97 Å². The molecule has 0 saturated heterocycles. The molecule has 180 valence electrons. The minimum atomic E-state index is -5.62. The molecule has 4 rings (SSSR count). The average molecular weight is 509 g/mol. The van der Waals surface area contributed by atoms with Gasteiger partial charge < -0.3 is 4.98 Å². The first kappa shape index (κ1) is 24.2. The fraction of sp³-hybridized carbons (Fsp3) is 0.0870. The molecule has 0 aliphatic rings. The van der Waals surface area contributed by atoms with Gasteiger partial charge in [0.15, 0.2) is 5.82 Å². The second-order valence-electron chi connectivity index (χ2n) is 7.24. The van der Waals surface area contributed by atoms with Crippen molar-refractivity contribution in [3.05, 3.63) is 83.7 Å². The number of fused-ring (bicyclic) bond motifs is 1. The third-order valence-electron chi connectivity index (χ3n) is 4.81. The van der Waals surface area contributed by atoms with Crippen LogP contribution in [0.25, 0.3) is 22.2 Å². The van der Waals surface area contributed by atoms with E-state index in [0.717, 1.165) is 12.1 Å². The maximum Gasteiger partial charge on any atom is 0.516 e. The molecule has 0 atom stereocenters. The van der Waals surface area contributed by atoms with Gasteiger partial charge in [0.2, 0.25) is 0 Å². The van der Waals surface area contributed by atoms with Gasteiger partial charge in [-0.25, -0.2) is 4.98 Å². The monoisotopic (exact) mass is 509 g/mol. The Labute approximate surface area is 194 Å². The number of halogens is 6. The molecule has 0 bridgehead atoms. The number of alkyl halides is 6. The van der Waals surface area contributed by atoms with Crippen LogP contribution in [0.1, 0.15) is 17.0 Å². The summed E-state index contributed by atoms with van der Waals surface area (Å²) in [5.41, 5.74) is -4.67. The highest BCUT2D eigenvalue weighted by molar-refractivity contribution is 7.93. The number of para-hydroxylation sites is 1. The molecule has 0 amide bonds. The van der Waals surface area contributed by atoms with Crippen LogP contribution in [-0.2, 0) is 16.2 Å². The lowest BCUT2D eigenvalue weighted by Crippen LogP contribution is -2.30. The van der Waals surface area contributed by atoms with Crippen LogP contribution in [0, 0.1) is 11.8 Å². The summed E-state index contributed by atoms with van der Waals surface area (Å²) >= 11 is 0. The normalized spacial score (nSPS) is 12.3. The number of nitrogens with one attached hydrogen (secondary N) is 2. The van der Waals surface area contributed by atoms with Crippen LogP contribution in [0.5, 0.6) is 0 Å². The summed E-state index contributed by atoms with van der Waals surface area (Å²) in [7, 11) is -5.62. The summed E-state index contributed by atoms with van der Waals surface area (Å²) in [5, 5.41) is 0. The van der Waals surface area contributed by atoms with Crippen molar-refractivity contribution in [1.29, 1.82) is 0 Å². The van der Waals surface area contributed by atoms with Crippen molar-refractivity contribution < 1.29 is 34.8 Å². The Morgan fingerprint density at radius 2 is 1.54 bits per heavy atom. The second-order valence-corrected chi connectivity index (χ2v) is 8.91. The molecule has 0 radical (unpaired) electrons. The maximum absolute atomic E-state index is 12.8. The SMILES string of the molecule is O=S(=O)(Nc1ccccc1-c1ccc2[nH]c(C#Cc3ccc(C(F)(F)F)cc3)nc2c1)C(F)(F)F. The van der Waals surface area contributed by atoms with Gasteiger partial charge >= 0.3 is 21.7 Å². The van der Waals surface area contributed by atoms with Gasteiger partial charge in [-0.05, 0) is 53.9 Å². The van der Waals surface area contributed by atoms with Crippen molar-refractivity contribution in [2.45, 2.75) is 11.7 Å². The van der Waals surface area contributed by atoms with E-state index in [1.54, 1.807) is 16.9 Å². The van der Waals surface area contributed by atoms with Crippen molar-refractivity contribution in [3.8, 4) is 23.0 Å². The standard InChI is InChI=1S/C23H13F6N3O2S/c24-22(25,26)16-9-5-14(6-10-16)7-12-21-30-19-11-8-15(13-20(19)31-21)17-3-1-2-4-18(17)32-35(33,34)23(27,28)29/h1-6,8-11,13,32H,(H,30,31). The number of anilines is 1. The minimum absolute atomic E-state index is 0.197. The number of benzene rings is 3. The lowest BCUT2D eigenvalue weighted by molar-refractivity contribution is -0.137. The number of aromatic nitrogens is 2. The van der Waals surface area contributed by atoms with Gasteiger partial charge in [-0.15, -0.1) is 0 Å². The molecular weight excluding hydrogens is 496 g/mol. The summed E-state index contributed by atoms with van der Waals surface area (Å²) in [6, 6.07) is 14.6. The van der Waals surface area contributed by atoms with Gasteiger partial charge in [-0.3, -0.25) is 4.72 Å². The summed E-state index contributed by atoms with van der Waals surface area (Å²) < 4.78 is 101. The number of hydrogen-bond acceptors (Lipinski definition) is 3. The molecule has 0 unspecified atom stereocenters. The molecule has 0 aliphatic carbocycles. The smallest absolute Gasteiger partial charge is 0.331 e. The number of sulfonamides is 1. The van der Waals surface area contributed by atoms with Gasteiger partial charge in [0, 0.05) is 11.1 Å². The molecule has 0 saturated carbocycles. The van der Waals surface area contributed by atoms with Crippen molar-refractivity contribution >= 4 is 26.7 Å². The Balaban J connectivity index is 1.64. The first-order chi connectivity index (χ1) is 16.3. The van der Waals surface area contributed by atoms with E-state index in [1.807, 2.05) is 0 Å². The number of hydrogen-bond donors (Lipinski definition) is 2. The molecule has 35 heavy (non-hydrogen) atoms. The summed E-state index contributed by atoms with van der Waals surface area (Å²) in [4.78, 5) is 7.21. The van der Waals surface area contributed by atoms with Crippen molar-refractivity contribution in [2.75, 3.05) is 4.72 Å². The zero-order chi connectivity index (χ0) is 25.4. The van der Waals surface area contributed by atoms with Crippen LogP contribution in [0.2, 0.25) is 0 Å². The molecule has 5 nitrogen and oxygen atoms in total. The highest BCUT2D eigenvalue weighted by atomic mass is 32.2. The lowest BCUT2D eigenvalue weighted by atomic mass is 10.0. The summed E-state index contributed by atoms with van der Waals surface area (Å²) in [6.45, 7) is 0. The molecule has 3 aromatic carbocycles. The number of nitrogens with zero attached hydrogens (tertiary/aromatic N) is 1. The van der Waals surface area contributed by atoms with Gasteiger partial charge in [-0.2, -0.15) is 34.8 Å². The Morgan fingerprint density at radius 3 is 2.20 bits per heavy atom. The average Bonchev–Trinajstić information content (AvgIpc) is 3.19. The van der Waals surface area contributed by atoms with Crippen LogP contribution in [0.15, 0.2) is 66.7 Å². The number of imidazole rings is 1. The summed E-state index contributed by atoms with van der Waals surface area (Å²) in [6.07, 6.45) is -4.45. The maximum atomic E-state index is 12.8. The third kappa shape index (κ3) is 5.25. The van der Waals surface area contributed by atoms with E-state index >= 15 is 0 Å². The van der Waals surface area contributed by atoms with E-state index in [0.29, 0.717) is 22.2 Å². The number of H-pyrrole nitrogens is 1. The molecule has 0 aliphatic heterocycles. The van der Waals surface area contributed by atoms with Crippen LogP contribution in [0.3, 0.4) is 0 Å².